The Labute approximate surface area is 181 Å². The van der Waals surface area contributed by atoms with Gasteiger partial charge in [0.25, 0.3) is 17.5 Å². The lowest BCUT2D eigenvalue weighted by Crippen LogP contribution is -2.47. The fraction of sp³-hybridized carbons (Fsp3) is 0.250. The van der Waals surface area contributed by atoms with E-state index in [-0.39, 0.29) is 39.2 Å². The molecule has 30 heavy (non-hydrogen) atoms. The minimum absolute atomic E-state index is 0.00546. The minimum Gasteiger partial charge on any atom is -0.324 e. The first kappa shape index (κ1) is 21.7. The van der Waals surface area contributed by atoms with E-state index >= 15 is 0 Å². The van der Waals surface area contributed by atoms with Gasteiger partial charge in [0.1, 0.15) is 6.04 Å². The second kappa shape index (κ2) is 8.41. The van der Waals surface area contributed by atoms with Crippen LogP contribution in [0.15, 0.2) is 36.4 Å². The summed E-state index contributed by atoms with van der Waals surface area (Å²) in [5, 5.41) is 13.7. The number of benzene rings is 2. The van der Waals surface area contributed by atoms with E-state index < -0.39 is 28.7 Å². The molecule has 0 aliphatic carbocycles. The van der Waals surface area contributed by atoms with Crippen LogP contribution in [0.25, 0.3) is 0 Å². The Morgan fingerprint density at radius 3 is 2.00 bits per heavy atom. The average molecular weight is 450 g/mol. The second-order valence-electron chi connectivity index (χ2n) is 7.23. The average Bonchev–Trinajstić information content (AvgIpc) is 2.90. The molecule has 0 fully saturated rings. The molecular formula is C20H17Cl2N3O5. The third kappa shape index (κ3) is 4.15. The van der Waals surface area contributed by atoms with Crippen LogP contribution in [0.4, 0.5) is 11.4 Å². The number of nitro groups is 1. The van der Waals surface area contributed by atoms with Crippen molar-refractivity contribution in [3.63, 3.8) is 0 Å². The number of carbonyl (C=O) groups is 3. The number of nitrogens with one attached hydrogen (secondary N) is 1. The van der Waals surface area contributed by atoms with Crippen LogP contribution in [-0.2, 0) is 4.79 Å². The van der Waals surface area contributed by atoms with Gasteiger partial charge in [-0.2, -0.15) is 0 Å². The number of imide groups is 1. The fourth-order valence-corrected chi connectivity index (χ4v) is 3.53. The number of carbonyl (C=O) groups excluding carboxylic acids is 3. The molecule has 0 saturated carbocycles. The number of nitrogens with zero attached hydrogens (tertiary/aromatic N) is 2. The highest BCUT2D eigenvalue weighted by atomic mass is 35.5. The molecule has 2 aromatic rings. The summed E-state index contributed by atoms with van der Waals surface area (Å²) in [6.45, 7) is 3.72. The first-order valence-electron chi connectivity index (χ1n) is 9.02. The lowest BCUT2D eigenvalue weighted by molar-refractivity contribution is -0.384. The van der Waals surface area contributed by atoms with Crippen molar-refractivity contribution < 1.29 is 19.3 Å². The maximum absolute atomic E-state index is 13.0. The monoisotopic (exact) mass is 449 g/mol. The van der Waals surface area contributed by atoms with Crippen LogP contribution < -0.4 is 5.32 Å². The van der Waals surface area contributed by atoms with Crippen LogP contribution in [-0.4, -0.2) is 33.6 Å². The van der Waals surface area contributed by atoms with Crippen LogP contribution in [0, 0.1) is 16.0 Å². The maximum Gasteiger partial charge on any atom is 0.269 e. The SMILES string of the molecule is CC(C)CC(C(=O)Nc1ccc([N+](=O)[O-])cc1)N1C(=O)c2cc(Cl)c(Cl)cc2C1=O. The summed E-state index contributed by atoms with van der Waals surface area (Å²) in [7, 11) is 0. The summed E-state index contributed by atoms with van der Waals surface area (Å²) in [6.07, 6.45) is 0.228. The lowest BCUT2D eigenvalue weighted by Gasteiger charge is -2.26. The summed E-state index contributed by atoms with van der Waals surface area (Å²) >= 11 is 12.0. The van der Waals surface area contributed by atoms with Crippen molar-refractivity contribution in [1.82, 2.24) is 4.90 Å². The zero-order chi connectivity index (χ0) is 22.2. The fourth-order valence-electron chi connectivity index (χ4n) is 3.20. The van der Waals surface area contributed by atoms with E-state index in [0.29, 0.717) is 5.69 Å². The number of hydrogen-bond donors (Lipinski definition) is 1. The number of amides is 3. The zero-order valence-corrected chi connectivity index (χ0v) is 17.5. The molecule has 156 valence electrons. The van der Waals surface area contributed by atoms with Gasteiger partial charge in [0.2, 0.25) is 5.91 Å². The number of nitro benzene ring substituents is 1. The first-order valence-corrected chi connectivity index (χ1v) is 9.78. The van der Waals surface area contributed by atoms with E-state index in [1.165, 1.54) is 36.4 Å². The van der Waals surface area contributed by atoms with Gasteiger partial charge in [0.05, 0.1) is 26.1 Å². The molecule has 3 rings (SSSR count). The van der Waals surface area contributed by atoms with Crippen molar-refractivity contribution in [2.24, 2.45) is 5.92 Å². The smallest absolute Gasteiger partial charge is 0.269 e. The Morgan fingerprint density at radius 1 is 1.07 bits per heavy atom. The molecule has 0 spiro atoms. The van der Waals surface area contributed by atoms with Crippen molar-refractivity contribution in [2.45, 2.75) is 26.3 Å². The van der Waals surface area contributed by atoms with E-state index in [1.54, 1.807) is 0 Å². The standard InChI is InChI=1S/C20H17Cl2N3O5/c1-10(2)7-17(18(26)23-11-3-5-12(6-4-11)25(29)30)24-19(27)13-8-15(21)16(22)9-14(13)20(24)28/h3-6,8-10,17H,7H2,1-2H3,(H,23,26). The van der Waals surface area contributed by atoms with Crippen molar-refractivity contribution in [1.29, 1.82) is 0 Å². The lowest BCUT2D eigenvalue weighted by atomic mass is 10.0. The first-order chi connectivity index (χ1) is 14.1. The summed E-state index contributed by atoms with van der Waals surface area (Å²) < 4.78 is 0. The van der Waals surface area contributed by atoms with Gasteiger partial charge in [-0.25, -0.2) is 0 Å². The number of anilines is 1. The van der Waals surface area contributed by atoms with Gasteiger partial charge < -0.3 is 5.32 Å². The summed E-state index contributed by atoms with van der Waals surface area (Å²) in [6, 6.07) is 6.82. The molecule has 1 aliphatic heterocycles. The Bertz CT molecular complexity index is 1010. The number of fused-ring (bicyclic) bond motifs is 1. The highest BCUT2D eigenvalue weighted by Gasteiger charge is 2.43. The third-order valence-corrected chi connectivity index (χ3v) is 5.34. The van der Waals surface area contributed by atoms with E-state index in [4.69, 9.17) is 23.2 Å². The molecule has 8 nitrogen and oxygen atoms in total. The molecule has 0 saturated heterocycles. The summed E-state index contributed by atoms with van der Waals surface area (Å²) in [4.78, 5) is 50.0. The molecule has 0 bridgehead atoms. The Kier molecular flexibility index (Phi) is 6.09. The molecule has 1 unspecified atom stereocenters. The van der Waals surface area contributed by atoms with Gasteiger partial charge in [0.15, 0.2) is 0 Å². The Morgan fingerprint density at radius 2 is 1.57 bits per heavy atom. The van der Waals surface area contributed by atoms with Gasteiger partial charge in [-0.1, -0.05) is 37.0 Å². The zero-order valence-electron chi connectivity index (χ0n) is 16.0. The van der Waals surface area contributed by atoms with Crippen LogP contribution >= 0.6 is 23.2 Å². The van der Waals surface area contributed by atoms with Crippen LogP contribution in [0.5, 0.6) is 0 Å². The number of rotatable bonds is 6. The van der Waals surface area contributed by atoms with E-state index in [0.717, 1.165) is 4.90 Å². The number of hydrogen-bond acceptors (Lipinski definition) is 5. The molecule has 1 atom stereocenters. The molecule has 10 heteroatoms. The molecular weight excluding hydrogens is 433 g/mol. The van der Waals surface area contributed by atoms with Crippen LogP contribution in [0.1, 0.15) is 41.0 Å². The van der Waals surface area contributed by atoms with Crippen LogP contribution in [0.2, 0.25) is 10.0 Å². The van der Waals surface area contributed by atoms with E-state index in [2.05, 4.69) is 5.32 Å². The summed E-state index contributed by atoms with van der Waals surface area (Å²) in [5.41, 5.74) is 0.362. The largest absolute Gasteiger partial charge is 0.324 e. The molecule has 1 N–H and O–H groups in total. The quantitative estimate of drug-likeness (QED) is 0.395. The van der Waals surface area contributed by atoms with Crippen molar-refractivity contribution in [2.75, 3.05) is 5.32 Å². The normalized spacial score (nSPS) is 14.1. The highest BCUT2D eigenvalue weighted by molar-refractivity contribution is 6.43. The second-order valence-corrected chi connectivity index (χ2v) is 8.05. The minimum atomic E-state index is -1.08. The van der Waals surface area contributed by atoms with Crippen molar-refractivity contribution >= 4 is 52.3 Å². The highest BCUT2D eigenvalue weighted by Crippen LogP contribution is 2.33. The molecule has 1 heterocycles. The topological polar surface area (TPSA) is 110 Å². The Balaban J connectivity index is 1.90. The molecule has 3 amide bonds. The molecule has 2 aromatic carbocycles. The van der Waals surface area contributed by atoms with E-state index in [9.17, 15) is 24.5 Å². The number of non-ortho nitro benzene ring substituents is 1. The van der Waals surface area contributed by atoms with Crippen LogP contribution in [0.3, 0.4) is 0 Å². The van der Waals surface area contributed by atoms with Gasteiger partial charge in [-0.3, -0.25) is 29.4 Å². The van der Waals surface area contributed by atoms with E-state index in [1.807, 2.05) is 13.8 Å². The maximum atomic E-state index is 13.0. The molecule has 0 radical (unpaired) electrons. The van der Waals surface area contributed by atoms with Gasteiger partial charge in [-0.05, 0) is 36.6 Å². The van der Waals surface area contributed by atoms with Gasteiger partial charge in [-0.15, -0.1) is 0 Å². The predicted octanol–water partition coefficient (Wildman–Crippen LogP) is 4.55. The molecule has 0 aromatic heterocycles. The van der Waals surface area contributed by atoms with Gasteiger partial charge in [0, 0.05) is 17.8 Å². The van der Waals surface area contributed by atoms with Crippen molar-refractivity contribution in [3.05, 3.63) is 67.7 Å². The number of halogens is 2. The summed E-state index contributed by atoms with van der Waals surface area (Å²) in [5.74, 6) is -1.84. The third-order valence-electron chi connectivity index (χ3n) is 4.61. The molecule has 1 aliphatic rings. The predicted molar refractivity (Wildman–Crippen MR) is 112 cm³/mol. The Hall–Kier alpha value is -2.97. The van der Waals surface area contributed by atoms with Crippen molar-refractivity contribution in [3.8, 4) is 0 Å². The van der Waals surface area contributed by atoms with Gasteiger partial charge >= 0.3 is 0 Å².